The molecule has 0 atom stereocenters. The van der Waals surface area contributed by atoms with E-state index in [2.05, 4.69) is 20.3 Å². The largest absolute Gasteiger partial charge is 0.324 e. The predicted molar refractivity (Wildman–Crippen MR) is 76.8 cm³/mol. The van der Waals surface area contributed by atoms with E-state index in [9.17, 15) is 0 Å². The lowest BCUT2D eigenvalue weighted by molar-refractivity contribution is 1.15. The fraction of sp³-hybridized carbons (Fsp3) is 0. The summed E-state index contributed by atoms with van der Waals surface area (Å²) in [6.45, 7) is 0. The topological polar surface area (TPSA) is 74.5 Å². The summed E-state index contributed by atoms with van der Waals surface area (Å²) >= 11 is 6.09. The van der Waals surface area contributed by atoms with Crippen LogP contribution in [0.3, 0.4) is 0 Å². The van der Waals surface area contributed by atoms with Gasteiger partial charge in [0, 0.05) is 16.6 Å². The van der Waals surface area contributed by atoms with Gasteiger partial charge < -0.3 is 5.32 Å². The number of fused-ring (bicyclic) bond motifs is 1. The third kappa shape index (κ3) is 2.37. The van der Waals surface area contributed by atoms with Gasteiger partial charge in [-0.1, -0.05) is 23.7 Å². The molecule has 0 aliphatic carbocycles. The molecule has 1 N–H and O–H groups in total. The van der Waals surface area contributed by atoms with Crippen LogP contribution in [0.1, 0.15) is 5.69 Å². The molecule has 96 valence electrons. The van der Waals surface area contributed by atoms with Crippen LogP contribution in [0.2, 0.25) is 5.02 Å². The first-order valence-corrected chi connectivity index (χ1v) is 6.17. The molecule has 0 saturated carbocycles. The molecule has 0 spiro atoms. The zero-order valence-electron chi connectivity index (χ0n) is 10.2. The van der Waals surface area contributed by atoms with Crippen molar-refractivity contribution >= 4 is 34.0 Å². The first-order chi connectivity index (χ1) is 9.76. The number of nitrogens with zero attached hydrogens (tertiary/aromatic N) is 4. The van der Waals surface area contributed by atoms with Gasteiger partial charge in [-0.05, 0) is 17.5 Å². The quantitative estimate of drug-likeness (QED) is 0.780. The number of aromatic nitrogens is 3. The summed E-state index contributed by atoms with van der Waals surface area (Å²) < 4.78 is 0. The van der Waals surface area contributed by atoms with Crippen LogP contribution in [0.15, 0.2) is 42.9 Å². The third-order valence-electron chi connectivity index (χ3n) is 2.73. The van der Waals surface area contributed by atoms with E-state index in [0.29, 0.717) is 16.7 Å². The van der Waals surface area contributed by atoms with Crippen molar-refractivity contribution < 1.29 is 0 Å². The van der Waals surface area contributed by atoms with Gasteiger partial charge in [0.25, 0.3) is 0 Å². The number of nitriles is 1. The molecule has 1 aromatic carbocycles. The molecule has 6 heteroatoms. The van der Waals surface area contributed by atoms with Crippen molar-refractivity contribution in [1.29, 1.82) is 5.26 Å². The Labute approximate surface area is 119 Å². The molecule has 0 radical (unpaired) electrons. The van der Waals surface area contributed by atoms with Crippen LogP contribution in [0.5, 0.6) is 0 Å². The summed E-state index contributed by atoms with van der Waals surface area (Å²) in [7, 11) is 0. The maximum Gasteiger partial charge on any atom is 0.158 e. The summed E-state index contributed by atoms with van der Waals surface area (Å²) in [6, 6.07) is 9.46. The molecule has 0 aliphatic heterocycles. The molecular formula is C14H8ClN5. The molecule has 3 rings (SSSR count). The van der Waals surface area contributed by atoms with E-state index in [0.717, 1.165) is 10.8 Å². The number of rotatable bonds is 2. The monoisotopic (exact) mass is 281 g/mol. The Kier molecular flexibility index (Phi) is 3.15. The second-order valence-corrected chi connectivity index (χ2v) is 4.46. The zero-order valence-corrected chi connectivity index (χ0v) is 11.0. The van der Waals surface area contributed by atoms with Crippen molar-refractivity contribution in [3.63, 3.8) is 0 Å². The second-order valence-electron chi connectivity index (χ2n) is 4.05. The molecule has 20 heavy (non-hydrogen) atoms. The highest BCUT2D eigenvalue weighted by atomic mass is 35.5. The molecule has 0 fully saturated rings. The number of anilines is 2. The Morgan fingerprint density at radius 1 is 1.05 bits per heavy atom. The number of nitrogens with one attached hydrogen (secondary N) is 1. The van der Waals surface area contributed by atoms with Crippen LogP contribution in [-0.4, -0.2) is 15.0 Å². The second kappa shape index (κ2) is 5.11. The molecular weight excluding hydrogens is 274 g/mol. The standard InChI is InChI=1S/C14H8ClN5/c15-12-3-1-2-9-4-13(19-7-11(9)12)20-14-8-17-10(5-16)6-18-14/h1-4,6-8H,(H,18,19,20). The minimum atomic E-state index is 0.272. The van der Waals surface area contributed by atoms with Crippen LogP contribution in [-0.2, 0) is 0 Å². The number of hydrogen-bond donors (Lipinski definition) is 1. The molecule has 2 aromatic heterocycles. The maximum absolute atomic E-state index is 8.66. The van der Waals surface area contributed by atoms with Crippen molar-refractivity contribution in [1.82, 2.24) is 15.0 Å². The summed E-state index contributed by atoms with van der Waals surface area (Å²) in [5, 5.41) is 14.2. The van der Waals surface area contributed by atoms with Gasteiger partial charge >= 0.3 is 0 Å². The highest BCUT2D eigenvalue weighted by Crippen LogP contribution is 2.24. The average molecular weight is 282 g/mol. The van der Waals surface area contributed by atoms with Gasteiger partial charge in [-0.15, -0.1) is 0 Å². The first-order valence-electron chi connectivity index (χ1n) is 5.80. The van der Waals surface area contributed by atoms with E-state index in [1.807, 2.05) is 30.3 Å². The van der Waals surface area contributed by atoms with Gasteiger partial charge in [0.05, 0.1) is 12.4 Å². The van der Waals surface area contributed by atoms with Crippen molar-refractivity contribution in [3.8, 4) is 6.07 Å². The van der Waals surface area contributed by atoms with Crippen LogP contribution >= 0.6 is 11.6 Å². The molecule has 0 amide bonds. The lowest BCUT2D eigenvalue weighted by Gasteiger charge is -2.06. The summed E-state index contributed by atoms with van der Waals surface area (Å²) in [6.07, 6.45) is 4.60. The number of hydrogen-bond acceptors (Lipinski definition) is 5. The van der Waals surface area contributed by atoms with Crippen LogP contribution in [0.25, 0.3) is 10.8 Å². The van der Waals surface area contributed by atoms with Crippen LogP contribution in [0, 0.1) is 11.3 Å². The normalized spacial score (nSPS) is 10.2. The Morgan fingerprint density at radius 2 is 1.90 bits per heavy atom. The van der Waals surface area contributed by atoms with Gasteiger partial charge in [0.1, 0.15) is 17.7 Å². The van der Waals surface area contributed by atoms with Gasteiger partial charge in [-0.3, -0.25) is 0 Å². The third-order valence-corrected chi connectivity index (χ3v) is 3.06. The van der Waals surface area contributed by atoms with E-state index >= 15 is 0 Å². The first kappa shape index (κ1) is 12.3. The molecule has 2 heterocycles. The minimum absolute atomic E-state index is 0.272. The molecule has 3 aromatic rings. The molecule has 5 nitrogen and oxygen atoms in total. The van der Waals surface area contributed by atoms with E-state index in [4.69, 9.17) is 16.9 Å². The van der Waals surface area contributed by atoms with E-state index < -0.39 is 0 Å². The fourth-order valence-electron chi connectivity index (χ4n) is 1.78. The van der Waals surface area contributed by atoms with Crippen molar-refractivity contribution in [2.45, 2.75) is 0 Å². The highest BCUT2D eigenvalue weighted by molar-refractivity contribution is 6.35. The van der Waals surface area contributed by atoms with Crippen molar-refractivity contribution in [2.75, 3.05) is 5.32 Å². The Hall–Kier alpha value is -2.71. The molecule has 0 aliphatic rings. The summed E-state index contributed by atoms with van der Waals surface area (Å²) in [5.74, 6) is 1.16. The van der Waals surface area contributed by atoms with Gasteiger partial charge in [-0.2, -0.15) is 5.26 Å². The predicted octanol–water partition coefficient (Wildman–Crippen LogP) is 3.29. The fourth-order valence-corrected chi connectivity index (χ4v) is 2.01. The molecule has 0 saturated heterocycles. The van der Waals surface area contributed by atoms with Crippen LogP contribution in [0.4, 0.5) is 11.6 Å². The number of pyridine rings is 1. The highest BCUT2D eigenvalue weighted by Gasteiger charge is 2.03. The molecule has 0 bridgehead atoms. The lowest BCUT2D eigenvalue weighted by atomic mass is 10.2. The number of benzene rings is 1. The van der Waals surface area contributed by atoms with Gasteiger partial charge in [-0.25, -0.2) is 15.0 Å². The minimum Gasteiger partial charge on any atom is -0.324 e. The summed E-state index contributed by atoms with van der Waals surface area (Å²) in [5.41, 5.74) is 0.272. The van der Waals surface area contributed by atoms with Gasteiger partial charge in [0.2, 0.25) is 0 Å². The maximum atomic E-state index is 8.66. The number of halogens is 1. The van der Waals surface area contributed by atoms with E-state index in [1.54, 1.807) is 6.20 Å². The van der Waals surface area contributed by atoms with E-state index in [-0.39, 0.29) is 5.69 Å². The molecule has 0 unspecified atom stereocenters. The SMILES string of the molecule is N#Cc1cnc(Nc2cc3cccc(Cl)c3cn2)cn1. The van der Waals surface area contributed by atoms with Gasteiger partial charge in [0.15, 0.2) is 5.69 Å². The Bertz CT molecular complexity index is 808. The zero-order chi connectivity index (χ0) is 13.9. The summed E-state index contributed by atoms with van der Waals surface area (Å²) in [4.78, 5) is 12.3. The van der Waals surface area contributed by atoms with Crippen molar-refractivity contribution in [2.24, 2.45) is 0 Å². The smallest absolute Gasteiger partial charge is 0.158 e. The van der Waals surface area contributed by atoms with Crippen LogP contribution < -0.4 is 5.32 Å². The Morgan fingerprint density at radius 3 is 2.65 bits per heavy atom. The van der Waals surface area contributed by atoms with Crippen molar-refractivity contribution in [3.05, 3.63) is 53.6 Å². The average Bonchev–Trinajstić information content (AvgIpc) is 2.48. The lowest BCUT2D eigenvalue weighted by Crippen LogP contribution is -1.97. The Balaban J connectivity index is 1.92. The van der Waals surface area contributed by atoms with E-state index in [1.165, 1.54) is 12.4 Å².